The van der Waals surface area contributed by atoms with Crippen molar-refractivity contribution in [2.24, 2.45) is 5.10 Å². The lowest BCUT2D eigenvalue weighted by Crippen LogP contribution is -1.99. The number of nitriles is 1. The first-order valence-corrected chi connectivity index (χ1v) is 6.17. The van der Waals surface area contributed by atoms with E-state index in [1.54, 1.807) is 24.5 Å². The van der Waals surface area contributed by atoms with Gasteiger partial charge >= 0.3 is 0 Å². The Morgan fingerprint density at radius 2 is 2.29 bits per heavy atom. The van der Waals surface area contributed by atoms with Gasteiger partial charge in [0.2, 0.25) is 5.95 Å². The molecule has 21 heavy (non-hydrogen) atoms. The van der Waals surface area contributed by atoms with Gasteiger partial charge in [0.05, 0.1) is 25.2 Å². The van der Waals surface area contributed by atoms with Crippen LogP contribution in [0.15, 0.2) is 29.5 Å². The molecule has 1 aromatic carbocycles. The third-order valence-corrected chi connectivity index (χ3v) is 2.65. The molecular formula is C14H15N5O2. The van der Waals surface area contributed by atoms with Gasteiger partial charge in [-0.05, 0) is 30.7 Å². The average Bonchev–Trinajstić information content (AvgIpc) is 2.81. The molecule has 0 aliphatic heterocycles. The van der Waals surface area contributed by atoms with Crippen molar-refractivity contribution in [3.05, 3.63) is 35.7 Å². The van der Waals surface area contributed by atoms with E-state index in [0.29, 0.717) is 17.4 Å². The number of nitrogens with zero attached hydrogens (tertiary/aromatic N) is 4. The maximum absolute atomic E-state index is 8.58. The topological polar surface area (TPSA) is 98.4 Å². The molecule has 0 bridgehead atoms. The minimum Gasteiger partial charge on any atom is -0.493 e. The minimum atomic E-state index is -0.0510. The van der Waals surface area contributed by atoms with Crippen LogP contribution < -0.4 is 15.2 Å². The highest BCUT2D eigenvalue weighted by molar-refractivity contribution is 5.81. The molecule has 108 valence electrons. The van der Waals surface area contributed by atoms with E-state index in [-0.39, 0.29) is 6.61 Å². The van der Waals surface area contributed by atoms with E-state index in [0.717, 1.165) is 11.3 Å². The van der Waals surface area contributed by atoms with Crippen molar-refractivity contribution in [3.8, 4) is 17.6 Å². The number of hydrogen-bond acceptors (Lipinski definition) is 6. The Labute approximate surface area is 122 Å². The predicted octanol–water partition coefficient (Wildman–Crippen LogP) is 1.57. The van der Waals surface area contributed by atoms with Gasteiger partial charge in [-0.1, -0.05) is 0 Å². The third kappa shape index (κ3) is 3.51. The van der Waals surface area contributed by atoms with Gasteiger partial charge in [0.1, 0.15) is 6.07 Å². The zero-order valence-corrected chi connectivity index (χ0v) is 11.8. The number of nitrogens with two attached hydrogens (primary N) is 1. The van der Waals surface area contributed by atoms with Gasteiger partial charge in [-0.25, -0.2) is 9.66 Å². The number of rotatable bonds is 5. The lowest BCUT2D eigenvalue weighted by molar-refractivity contribution is 0.329. The molecule has 0 spiro atoms. The Hall–Kier alpha value is -3.01. The van der Waals surface area contributed by atoms with E-state index in [1.807, 2.05) is 19.1 Å². The number of aromatic nitrogens is 2. The first kappa shape index (κ1) is 14.4. The summed E-state index contributed by atoms with van der Waals surface area (Å²) >= 11 is 0. The summed E-state index contributed by atoms with van der Waals surface area (Å²) in [5.74, 6) is 1.36. The number of imidazole rings is 1. The Kier molecular flexibility index (Phi) is 4.41. The summed E-state index contributed by atoms with van der Waals surface area (Å²) in [6.45, 7) is 1.79. The first-order valence-electron chi connectivity index (χ1n) is 6.17. The molecule has 0 saturated carbocycles. The van der Waals surface area contributed by atoms with Crippen molar-refractivity contribution in [2.45, 2.75) is 6.92 Å². The molecule has 0 unspecified atom stereocenters. The van der Waals surface area contributed by atoms with Crippen molar-refractivity contribution in [2.75, 3.05) is 19.5 Å². The second kappa shape index (κ2) is 6.43. The summed E-state index contributed by atoms with van der Waals surface area (Å²) in [7, 11) is 1.54. The second-order valence-corrected chi connectivity index (χ2v) is 4.19. The van der Waals surface area contributed by atoms with Crippen molar-refractivity contribution in [1.29, 1.82) is 5.26 Å². The van der Waals surface area contributed by atoms with Crippen molar-refractivity contribution in [3.63, 3.8) is 0 Å². The monoisotopic (exact) mass is 285 g/mol. The molecule has 7 nitrogen and oxygen atoms in total. The van der Waals surface area contributed by atoms with Crippen LogP contribution in [0.5, 0.6) is 11.5 Å². The van der Waals surface area contributed by atoms with Gasteiger partial charge in [0.15, 0.2) is 18.1 Å². The molecule has 2 N–H and O–H groups in total. The standard InChI is InChI=1S/C14H15N5O2/c1-10-9-19(14(16)18-10)17-8-11-3-4-12(20-2)13(7-11)21-6-5-15/h3-4,7-9H,6H2,1-2H3,(H2,16,18). The molecule has 0 atom stereocenters. The first-order chi connectivity index (χ1) is 10.1. The van der Waals surface area contributed by atoms with Gasteiger partial charge in [-0.15, -0.1) is 0 Å². The molecule has 0 amide bonds. The quantitative estimate of drug-likeness (QED) is 0.841. The fourth-order valence-corrected chi connectivity index (χ4v) is 1.72. The summed E-state index contributed by atoms with van der Waals surface area (Å²) in [6.07, 6.45) is 3.35. The van der Waals surface area contributed by atoms with Crippen LogP contribution in [0, 0.1) is 18.3 Å². The number of nitrogen functional groups attached to an aromatic ring is 1. The Morgan fingerprint density at radius 1 is 1.48 bits per heavy atom. The fraction of sp³-hybridized carbons (Fsp3) is 0.214. The largest absolute Gasteiger partial charge is 0.493 e. The van der Waals surface area contributed by atoms with Crippen LogP contribution in [0.4, 0.5) is 5.95 Å². The van der Waals surface area contributed by atoms with Crippen molar-refractivity contribution >= 4 is 12.2 Å². The molecule has 0 fully saturated rings. The van der Waals surface area contributed by atoms with Gasteiger partial charge < -0.3 is 15.2 Å². The molecular weight excluding hydrogens is 270 g/mol. The van der Waals surface area contributed by atoms with Crippen LogP contribution in [0.25, 0.3) is 0 Å². The van der Waals surface area contributed by atoms with Crippen molar-refractivity contribution in [1.82, 2.24) is 9.66 Å². The average molecular weight is 285 g/mol. The van der Waals surface area contributed by atoms with Crippen LogP contribution >= 0.6 is 0 Å². The number of aryl methyl sites for hydroxylation is 1. The summed E-state index contributed by atoms with van der Waals surface area (Å²) in [5.41, 5.74) is 7.28. The molecule has 0 radical (unpaired) electrons. The minimum absolute atomic E-state index is 0.0510. The van der Waals surface area contributed by atoms with E-state index in [2.05, 4.69) is 10.1 Å². The molecule has 0 aliphatic carbocycles. The third-order valence-electron chi connectivity index (χ3n) is 2.65. The van der Waals surface area contributed by atoms with Crippen LogP contribution in [-0.2, 0) is 0 Å². The van der Waals surface area contributed by atoms with E-state index in [4.69, 9.17) is 20.5 Å². The number of hydrogen-bond donors (Lipinski definition) is 1. The zero-order valence-electron chi connectivity index (χ0n) is 11.8. The second-order valence-electron chi connectivity index (χ2n) is 4.19. The molecule has 0 saturated heterocycles. The predicted molar refractivity (Wildman–Crippen MR) is 78.5 cm³/mol. The summed E-state index contributed by atoms with van der Waals surface area (Å²) in [6, 6.07) is 7.22. The summed E-state index contributed by atoms with van der Waals surface area (Å²) in [4.78, 5) is 4.06. The molecule has 2 rings (SSSR count). The Bertz CT molecular complexity index is 700. The van der Waals surface area contributed by atoms with E-state index in [1.165, 1.54) is 11.8 Å². The van der Waals surface area contributed by atoms with E-state index >= 15 is 0 Å². The highest BCUT2D eigenvalue weighted by atomic mass is 16.5. The van der Waals surface area contributed by atoms with Crippen LogP contribution in [0.3, 0.4) is 0 Å². The normalized spacial score (nSPS) is 10.5. The number of anilines is 1. The molecule has 7 heteroatoms. The van der Waals surface area contributed by atoms with E-state index in [9.17, 15) is 0 Å². The van der Waals surface area contributed by atoms with Gasteiger partial charge in [-0.2, -0.15) is 10.4 Å². The summed E-state index contributed by atoms with van der Waals surface area (Å²) < 4.78 is 12.0. The Morgan fingerprint density at radius 3 is 2.90 bits per heavy atom. The smallest absolute Gasteiger partial charge is 0.221 e. The van der Waals surface area contributed by atoms with Crippen LogP contribution in [-0.4, -0.2) is 29.6 Å². The van der Waals surface area contributed by atoms with Gasteiger partial charge in [-0.3, -0.25) is 0 Å². The number of benzene rings is 1. The highest BCUT2D eigenvalue weighted by Gasteiger charge is 2.05. The Balaban J connectivity index is 2.24. The van der Waals surface area contributed by atoms with E-state index < -0.39 is 0 Å². The van der Waals surface area contributed by atoms with Crippen molar-refractivity contribution < 1.29 is 9.47 Å². The molecule has 2 aromatic rings. The SMILES string of the molecule is COc1ccc(C=Nn2cc(C)nc2N)cc1OCC#N. The fourth-order valence-electron chi connectivity index (χ4n) is 1.72. The molecule has 1 heterocycles. The number of ether oxygens (including phenoxy) is 2. The van der Waals surface area contributed by atoms with Crippen LogP contribution in [0.2, 0.25) is 0 Å². The lowest BCUT2D eigenvalue weighted by Gasteiger charge is -2.08. The van der Waals surface area contributed by atoms with Crippen LogP contribution in [0.1, 0.15) is 11.3 Å². The maximum atomic E-state index is 8.58. The van der Waals surface area contributed by atoms with Gasteiger partial charge in [0, 0.05) is 0 Å². The highest BCUT2D eigenvalue weighted by Crippen LogP contribution is 2.27. The molecule has 0 aliphatic rings. The maximum Gasteiger partial charge on any atom is 0.221 e. The number of methoxy groups -OCH3 is 1. The summed E-state index contributed by atoms with van der Waals surface area (Å²) in [5, 5.41) is 12.8. The zero-order chi connectivity index (χ0) is 15.2. The lowest BCUT2D eigenvalue weighted by atomic mass is 10.2. The molecule has 1 aromatic heterocycles. The van der Waals surface area contributed by atoms with Gasteiger partial charge in [0.25, 0.3) is 0 Å².